The van der Waals surface area contributed by atoms with Crippen molar-refractivity contribution in [3.05, 3.63) is 30.1 Å². The van der Waals surface area contributed by atoms with Crippen molar-refractivity contribution in [2.75, 3.05) is 6.54 Å². The maximum Gasteiger partial charge on any atom is 0.0797 e. The highest BCUT2D eigenvalue weighted by atomic mass is 15.3. The lowest BCUT2D eigenvalue weighted by Gasteiger charge is -2.17. The van der Waals surface area contributed by atoms with Crippen molar-refractivity contribution in [3.63, 3.8) is 0 Å². The fourth-order valence-corrected chi connectivity index (χ4v) is 1.65. The Balaban J connectivity index is 2.66. The fourth-order valence-electron chi connectivity index (χ4n) is 1.65. The van der Waals surface area contributed by atoms with Crippen molar-refractivity contribution in [2.45, 2.75) is 39.2 Å². The first-order chi connectivity index (χ1) is 7.67. The number of nitrogens with zero attached hydrogens (tertiary/aromatic N) is 2. The van der Waals surface area contributed by atoms with E-state index in [1.165, 1.54) is 5.57 Å². The molecule has 1 unspecified atom stereocenters. The fraction of sp³-hybridized carbons (Fsp3) is 0.615. The summed E-state index contributed by atoms with van der Waals surface area (Å²) in [5.74, 6) is 0. The van der Waals surface area contributed by atoms with Gasteiger partial charge in [-0.3, -0.25) is 4.68 Å². The van der Waals surface area contributed by atoms with Crippen LogP contribution >= 0.6 is 0 Å². The van der Waals surface area contributed by atoms with Gasteiger partial charge in [0.05, 0.1) is 11.7 Å². The monoisotopic (exact) mass is 221 g/mol. The third-order valence-corrected chi connectivity index (χ3v) is 2.72. The highest BCUT2D eigenvalue weighted by Crippen LogP contribution is 2.20. The number of rotatable bonds is 7. The second-order valence-corrected chi connectivity index (χ2v) is 4.23. The SMILES string of the molecule is C=C(CC)CC(NCCC)c1ccn(C)n1. The van der Waals surface area contributed by atoms with Crippen molar-refractivity contribution in [2.24, 2.45) is 7.05 Å². The molecule has 0 saturated carbocycles. The van der Waals surface area contributed by atoms with Gasteiger partial charge in [0.2, 0.25) is 0 Å². The number of aryl methyl sites for hydroxylation is 1. The maximum absolute atomic E-state index is 4.46. The van der Waals surface area contributed by atoms with Gasteiger partial charge in [-0.05, 0) is 31.9 Å². The van der Waals surface area contributed by atoms with Crippen LogP contribution in [0.5, 0.6) is 0 Å². The molecule has 16 heavy (non-hydrogen) atoms. The second kappa shape index (κ2) is 6.48. The van der Waals surface area contributed by atoms with Gasteiger partial charge in [-0.1, -0.05) is 26.0 Å². The van der Waals surface area contributed by atoms with Crippen molar-refractivity contribution in [3.8, 4) is 0 Å². The molecular weight excluding hydrogens is 198 g/mol. The minimum absolute atomic E-state index is 0.314. The molecule has 1 aromatic heterocycles. The Hall–Kier alpha value is -1.09. The van der Waals surface area contributed by atoms with E-state index in [4.69, 9.17) is 0 Å². The van der Waals surface area contributed by atoms with Crippen LogP contribution in [0.25, 0.3) is 0 Å². The van der Waals surface area contributed by atoms with E-state index in [2.05, 4.69) is 36.9 Å². The highest BCUT2D eigenvalue weighted by Gasteiger charge is 2.13. The van der Waals surface area contributed by atoms with E-state index in [1.54, 1.807) is 0 Å². The quantitative estimate of drug-likeness (QED) is 0.718. The Bertz CT molecular complexity index is 328. The van der Waals surface area contributed by atoms with Crippen LogP contribution in [0, 0.1) is 0 Å². The molecule has 0 aliphatic carbocycles. The number of nitrogens with one attached hydrogen (secondary N) is 1. The van der Waals surface area contributed by atoms with Crippen LogP contribution in [0.3, 0.4) is 0 Å². The molecule has 0 fully saturated rings. The molecule has 3 nitrogen and oxygen atoms in total. The van der Waals surface area contributed by atoms with Gasteiger partial charge in [0.15, 0.2) is 0 Å². The predicted octanol–water partition coefficient (Wildman–Crippen LogP) is 2.82. The van der Waals surface area contributed by atoms with E-state index >= 15 is 0 Å². The van der Waals surface area contributed by atoms with Crippen molar-refractivity contribution in [1.29, 1.82) is 0 Å². The average molecular weight is 221 g/mol. The van der Waals surface area contributed by atoms with E-state index in [0.717, 1.165) is 31.5 Å². The number of hydrogen-bond acceptors (Lipinski definition) is 2. The van der Waals surface area contributed by atoms with Gasteiger partial charge in [0.25, 0.3) is 0 Å². The molecule has 0 spiro atoms. The lowest BCUT2D eigenvalue weighted by Crippen LogP contribution is -2.23. The first-order valence-corrected chi connectivity index (χ1v) is 6.07. The van der Waals surface area contributed by atoms with E-state index < -0.39 is 0 Å². The summed E-state index contributed by atoms with van der Waals surface area (Å²) in [5.41, 5.74) is 2.39. The van der Waals surface area contributed by atoms with Crippen LogP contribution in [0.1, 0.15) is 44.8 Å². The van der Waals surface area contributed by atoms with E-state index in [1.807, 2.05) is 17.9 Å². The zero-order chi connectivity index (χ0) is 12.0. The number of aromatic nitrogens is 2. The Kier molecular flexibility index (Phi) is 5.26. The van der Waals surface area contributed by atoms with E-state index in [0.29, 0.717) is 6.04 Å². The van der Waals surface area contributed by atoms with Crippen molar-refractivity contribution >= 4 is 0 Å². The molecule has 3 heteroatoms. The molecule has 1 N–H and O–H groups in total. The Morgan fingerprint density at radius 3 is 2.81 bits per heavy atom. The summed E-state index contributed by atoms with van der Waals surface area (Å²) >= 11 is 0. The largest absolute Gasteiger partial charge is 0.308 e. The van der Waals surface area contributed by atoms with E-state index in [-0.39, 0.29) is 0 Å². The van der Waals surface area contributed by atoms with Crippen LogP contribution in [0.15, 0.2) is 24.4 Å². The molecular formula is C13H23N3. The second-order valence-electron chi connectivity index (χ2n) is 4.23. The lowest BCUT2D eigenvalue weighted by atomic mass is 10.0. The highest BCUT2D eigenvalue weighted by molar-refractivity contribution is 5.10. The number of hydrogen-bond donors (Lipinski definition) is 1. The minimum atomic E-state index is 0.314. The standard InChI is InChI=1S/C13H23N3/c1-5-8-14-13(10-11(3)6-2)12-7-9-16(4)15-12/h7,9,13-14H,3,5-6,8,10H2,1-2,4H3. The van der Waals surface area contributed by atoms with Gasteiger partial charge in [-0.25, -0.2) is 0 Å². The molecule has 0 saturated heterocycles. The molecule has 0 amide bonds. The van der Waals surface area contributed by atoms with Gasteiger partial charge >= 0.3 is 0 Å². The molecule has 0 aliphatic rings. The topological polar surface area (TPSA) is 29.9 Å². The van der Waals surface area contributed by atoms with Crippen LogP contribution in [-0.2, 0) is 7.05 Å². The Morgan fingerprint density at radius 2 is 2.31 bits per heavy atom. The molecule has 1 atom stereocenters. The third kappa shape index (κ3) is 3.81. The first-order valence-electron chi connectivity index (χ1n) is 6.07. The zero-order valence-electron chi connectivity index (χ0n) is 10.7. The van der Waals surface area contributed by atoms with Gasteiger partial charge in [-0.2, -0.15) is 5.10 Å². The summed E-state index contributed by atoms with van der Waals surface area (Å²) in [4.78, 5) is 0. The summed E-state index contributed by atoms with van der Waals surface area (Å²) in [5, 5.41) is 7.99. The van der Waals surface area contributed by atoms with Gasteiger partial charge in [-0.15, -0.1) is 0 Å². The molecule has 1 aromatic rings. The molecule has 90 valence electrons. The summed E-state index contributed by atoms with van der Waals surface area (Å²) in [7, 11) is 1.95. The van der Waals surface area contributed by atoms with Crippen LogP contribution in [0.2, 0.25) is 0 Å². The molecule has 0 radical (unpaired) electrons. The van der Waals surface area contributed by atoms with Crippen LogP contribution in [-0.4, -0.2) is 16.3 Å². The Labute approximate surface area is 98.5 Å². The summed E-state index contributed by atoms with van der Waals surface area (Å²) in [6.45, 7) is 9.43. The maximum atomic E-state index is 4.46. The summed E-state index contributed by atoms with van der Waals surface area (Å²) in [6.07, 6.45) is 5.15. The smallest absolute Gasteiger partial charge is 0.0797 e. The minimum Gasteiger partial charge on any atom is -0.308 e. The molecule has 0 aliphatic heterocycles. The van der Waals surface area contributed by atoms with Gasteiger partial charge in [0, 0.05) is 13.2 Å². The summed E-state index contributed by atoms with van der Waals surface area (Å²) < 4.78 is 1.85. The van der Waals surface area contributed by atoms with Crippen LogP contribution < -0.4 is 5.32 Å². The summed E-state index contributed by atoms with van der Waals surface area (Å²) in [6, 6.07) is 2.39. The lowest BCUT2D eigenvalue weighted by molar-refractivity contribution is 0.506. The molecule has 1 heterocycles. The zero-order valence-corrected chi connectivity index (χ0v) is 10.7. The normalized spacial score (nSPS) is 12.7. The first kappa shape index (κ1) is 13.0. The molecule has 0 bridgehead atoms. The third-order valence-electron chi connectivity index (χ3n) is 2.72. The van der Waals surface area contributed by atoms with Crippen molar-refractivity contribution < 1.29 is 0 Å². The van der Waals surface area contributed by atoms with Gasteiger partial charge < -0.3 is 5.32 Å². The average Bonchev–Trinajstić information content (AvgIpc) is 2.70. The van der Waals surface area contributed by atoms with Crippen LogP contribution in [0.4, 0.5) is 0 Å². The molecule has 0 aromatic carbocycles. The van der Waals surface area contributed by atoms with Gasteiger partial charge in [0.1, 0.15) is 0 Å². The van der Waals surface area contributed by atoms with Crippen molar-refractivity contribution in [1.82, 2.24) is 15.1 Å². The Morgan fingerprint density at radius 1 is 1.56 bits per heavy atom. The van der Waals surface area contributed by atoms with E-state index in [9.17, 15) is 0 Å². The predicted molar refractivity (Wildman–Crippen MR) is 68.3 cm³/mol. The molecule has 1 rings (SSSR count).